The Morgan fingerprint density at radius 2 is 1.87 bits per heavy atom. The van der Waals surface area contributed by atoms with E-state index in [0.717, 1.165) is 25.7 Å². The molecule has 2 rings (SSSR count). The van der Waals surface area contributed by atoms with Crippen molar-refractivity contribution in [3.63, 3.8) is 0 Å². The summed E-state index contributed by atoms with van der Waals surface area (Å²) in [4.78, 5) is 0. The molecule has 0 aliphatic heterocycles. The van der Waals surface area contributed by atoms with Gasteiger partial charge in [0.1, 0.15) is 0 Å². The third kappa shape index (κ3) is 2.31. The second kappa shape index (κ2) is 4.22. The lowest BCUT2D eigenvalue weighted by molar-refractivity contribution is 0.112. The first-order chi connectivity index (χ1) is 7.16. The second-order valence-electron chi connectivity index (χ2n) is 3.89. The molecule has 0 radical (unpaired) electrons. The molecule has 0 bridgehead atoms. The Morgan fingerprint density at radius 3 is 2.40 bits per heavy atom. The molecule has 1 saturated carbocycles. The summed E-state index contributed by atoms with van der Waals surface area (Å²) >= 11 is 0. The molecule has 1 aliphatic rings. The Kier molecular flexibility index (Phi) is 2.95. The topological polar surface area (TPSA) is 64.9 Å². The zero-order valence-corrected chi connectivity index (χ0v) is 8.20. The predicted molar refractivity (Wildman–Crippen MR) is 48.4 cm³/mol. The van der Waals surface area contributed by atoms with Crippen LogP contribution in [0, 0.1) is 0 Å². The summed E-state index contributed by atoms with van der Waals surface area (Å²) in [5.74, 6) is -0.151. The van der Waals surface area contributed by atoms with Gasteiger partial charge >= 0.3 is 6.43 Å². The maximum Gasteiger partial charge on any atom is 0.314 e. The van der Waals surface area contributed by atoms with Crippen molar-refractivity contribution in [3.8, 4) is 0 Å². The number of hydrogen-bond donors (Lipinski definition) is 1. The fraction of sp³-hybridized carbons (Fsp3) is 0.778. The SMILES string of the molecule is NC1CCC(c2nnc(C(F)F)o2)CC1. The van der Waals surface area contributed by atoms with Gasteiger partial charge in [-0.25, -0.2) is 0 Å². The fourth-order valence-corrected chi connectivity index (χ4v) is 1.87. The number of alkyl halides is 2. The lowest BCUT2D eigenvalue weighted by Crippen LogP contribution is -2.25. The Hall–Kier alpha value is -1.04. The van der Waals surface area contributed by atoms with E-state index in [1.165, 1.54) is 0 Å². The maximum absolute atomic E-state index is 12.2. The molecule has 1 aliphatic carbocycles. The normalized spacial score (nSPS) is 27.2. The first-order valence-electron chi connectivity index (χ1n) is 5.04. The average Bonchev–Trinajstić information content (AvgIpc) is 2.68. The largest absolute Gasteiger partial charge is 0.419 e. The van der Waals surface area contributed by atoms with Crippen LogP contribution in [0.25, 0.3) is 0 Å². The van der Waals surface area contributed by atoms with Crippen molar-refractivity contribution >= 4 is 0 Å². The molecule has 0 aromatic carbocycles. The fourth-order valence-electron chi connectivity index (χ4n) is 1.87. The average molecular weight is 217 g/mol. The molecular formula is C9H13F2N3O. The van der Waals surface area contributed by atoms with Gasteiger partial charge in [-0.3, -0.25) is 0 Å². The smallest absolute Gasteiger partial charge is 0.314 e. The van der Waals surface area contributed by atoms with Crippen LogP contribution in [0.4, 0.5) is 8.78 Å². The van der Waals surface area contributed by atoms with Crippen molar-refractivity contribution in [2.45, 2.75) is 44.1 Å². The highest BCUT2D eigenvalue weighted by Gasteiger charge is 2.26. The van der Waals surface area contributed by atoms with Crippen molar-refractivity contribution in [1.82, 2.24) is 10.2 Å². The highest BCUT2D eigenvalue weighted by Crippen LogP contribution is 2.32. The molecule has 0 atom stereocenters. The van der Waals surface area contributed by atoms with E-state index in [1.807, 2.05) is 0 Å². The van der Waals surface area contributed by atoms with Crippen LogP contribution in [-0.2, 0) is 0 Å². The molecule has 0 spiro atoms. The molecule has 0 unspecified atom stereocenters. The molecule has 2 N–H and O–H groups in total. The molecule has 84 valence electrons. The molecule has 1 aromatic rings. The minimum Gasteiger partial charge on any atom is -0.419 e. The van der Waals surface area contributed by atoms with Gasteiger partial charge in [0.25, 0.3) is 5.89 Å². The summed E-state index contributed by atoms with van der Waals surface area (Å²) in [5.41, 5.74) is 5.74. The minimum absolute atomic E-state index is 0.102. The number of aromatic nitrogens is 2. The van der Waals surface area contributed by atoms with Crippen molar-refractivity contribution in [1.29, 1.82) is 0 Å². The number of rotatable bonds is 2. The number of nitrogens with zero attached hydrogens (tertiary/aromatic N) is 2. The third-order valence-electron chi connectivity index (χ3n) is 2.76. The van der Waals surface area contributed by atoms with Crippen LogP contribution in [0.2, 0.25) is 0 Å². The maximum atomic E-state index is 12.2. The Labute approximate surface area is 85.9 Å². The predicted octanol–water partition coefficient (Wildman–Crippen LogP) is 1.99. The highest BCUT2D eigenvalue weighted by atomic mass is 19.3. The van der Waals surface area contributed by atoms with Crippen LogP contribution < -0.4 is 5.73 Å². The van der Waals surface area contributed by atoms with Crippen molar-refractivity contribution in [2.75, 3.05) is 0 Å². The summed E-state index contributed by atoms with van der Waals surface area (Å²) in [6.45, 7) is 0. The first-order valence-corrected chi connectivity index (χ1v) is 5.04. The van der Waals surface area contributed by atoms with E-state index in [4.69, 9.17) is 10.2 Å². The van der Waals surface area contributed by atoms with Crippen LogP contribution in [0.3, 0.4) is 0 Å². The monoisotopic (exact) mass is 217 g/mol. The van der Waals surface area contributed by atoms with E-state index >= 15 is 0 Å². The summed E-state index contributed by atoms with van der Waals surface area (Å²) in [6, 6.07) is 0.221. The molecule has 4 nitrogen and oxygen atoms in total. The van der Waals surface area contributed by atoms with Gasteiger partial charge in [0, 0.05) is 12.0 Å². The van der Waals surface area contributed by atoms with Gasteiger partial charge in [0.15, 0.2) is 0 Å². The Bertz CT molecular complexity index is 321. The summed E-state index contributed by atoms with van der Waals surface area (Å²) in [5, 5.41) is 6.96. The van der Waals surface area contributed by atoms with Gasteiger partial charge in [-0.15, -0.1) is 10.2 Å². The van der Waals surface area contributed by atoms with Crippen LogP contribution >= 0.6 is 0 Å². The van der Waals surface area contributed by atoms with Gasteiger partial charge < -0.3 is 10.2 Å². The summed E-state index contributed by atoms with van der Waals surface area (Å²) in [7, 11) is 0. The van der Waals surface area contributed by atoms with Crippen molar-refractivity contribution in [2.24, 2.45) is 5.73 Å². The van der Waals surface area contributed by atoms with Crippen LogP contribution in [0.1, 0.15) is 49.8 Å². The molecule has 1 heterocycles. The van der Waals surface area contributed by atoms with Crippen molar-refractivity contribution in [3.05, 3.63) is 11.8 Å². The molecule has 0 saturated heterocycles. The molecule has 1 aromatic heterocycles. The summed E-state index contributed by atoms with van der Waals surface area (Å²) in [6.07, 6.45) is 0.767. The number of nitrogens with two attached hydrogens (primary N) is 1. The van der Waals surface area contributed by atoms with E-state index < -0.39 is 12.3 Å². The van der Waals surface area contributed by atoms with E-state index in [1.54, 1.807) is 0 Å². The van der Waals surface area contributed by atoms with E-state index in [-0.39, 0.29) is 12.0 Å². The zero-order valence-electron chi connectivity index (χ0n) is 8.20. The molecule has 1 fully saturated rings. The van der Waals surface area contributed by atoms with Gasteiger partial charge in [-0.05, 0) is 25.7 Å². The van der Waals surface area contributed by atoms with Gasteiger partial charge in [-0.1, -0.05) is 0 Å². The molecular weight excluding hydrogens is 204 g/mol. The standard InChI is InChI=1S/C9H13F2N3O/c10-7(11)9-14-13-8(15-9)5-1-3-6(12)4-2-5/h5-7H,1-4,12H2. The van der Waals surface area contributed by atoms with Crippen LogP contribution in [-0.4, -0.2) is 16.2 Å². The van der Waals surface area contributed by atoms with Crippen LogP contribution in [0.5, 0.6) is 0 Å². The van der Waals surface area contributed by atoms with E-state index in [0.29, 0.717) is 5.89 Å². The van der Waals surface area contributed by atoms with Crippen molar-refractivity contribution < 1.29 is 13.2 Å². The molecule has 15 heavy (non-hydrogen) atoms. The van der Waals surface area contributed by atoms with Gasteiger partial charge in [0.2, 0.25) is 5.89 Å². The summed E-state index contributed by atoms with van der Waals surface area (Å²) < 4.78 is 29.3. The molecule has 6 heteroatoms. The number of halogens is 2. The lowest BCUT2D eigenvalue weighted by Gasteiger charge is -2.23. The third-order valence-corrected chi connectivity index (χ3v) is 2.76. The zero-order chi connectivity index (χ0) is 10.8. The highest BCUT2D eigenvalue weighted by molar-refractivity contribution is 4.95. The van der Waals surface area contributed by atoms with E-state index in [2.05, 4.69) is 10.2 Å². The Morgan fingerprint density at radius 1 is 1.20 bits per heavy atom. The van der Waals surface area contributed by atoms with Gasteiger partial charge in [0.05, 0.1) is 0 Å². The second-order valence-corrected chi connectivity index (χ2v) is 3.89. The molecule has 0 amide bonds. The quantitative estimate of drug-likeness (QED) is 0.822. The number of hydrogen-bond acceptors (Lipinski definition) is 4. The van der Waals surface area contributed by atoms with Gasteiger partial charge in [-0.2, -0.15) is 8.78 Å². The lowest BCUT2D eigenvalue weighted by atomic mass is 9.86. The van der Waals surface area contributed by atoms with E-state index in [9.17, 15) is 8.78 Å². The van der Waals surface area contributed by atoms with Crippen LogP contribution in [0.15, 0.2) is 4.42 Å². The Balaban J connectivity index is 2.03. The minimum atomic E-state index is -2.68. The first kappa shape index (κ1) is 10.5.